The van der Waals surface area contributed by atoms with E-state index in [4.69, 9.17) is 4.74 Å². The molecule has 0 aliphatic carbocycles. The Morgan fingerprint density at radius 3 is 2.63 bits per heavy atom. The summed E-state index contributed by atoms with van der Waals surface area (Å²) in [5.74, 6) is 0.338. The fraction of sp³-hybridized carbons (Fsp3) is 0.391. The van der Waals surface area contributed by atoms with Crippen molar-refractivity contribution in [1.29, 1.82) is 0 Å². The van der Waals surface area contributed by atoms with E-state index in [-0.39, 0.29) is 17.6 Å². The molecule has 1 fully saturated rings. The summed E-state index contributed by atoms with van der Waals surface area (Å²) in [5.41, 5.74) is 1.60. The van der Waals surface area contributed by atoms with Crippen molar-refractivity contribution < 1.29 is 18.7 Å². The average molecular weight is 413 g/mol. The molecule has 2 aromatic carbocycles. The van der Waals surface area contributed by atoms with Crippen LogP contribution in [-0.4, -0.2) is 68.0 Å². The molecular weight excluding hydrogens is 385 g/mol. The smallest absolute Gasteiger partial charge is 0.253 e. The lowest BCUT2D eigenvalue weighted by molar-refractivity contribution is -0.122. The van der Waals surface area contributed by atoms with Gasteiger partial charge in [0.1, 0.15) is 11.6 Å². The summed E-state index contributed by atoms with van der Waals surface area (Å²) in [6, 6.07) is 13.4. The molecule has 0 unspecified atom stereocenters. The number of nitrogens with one attached hydrogen (secondary N) is 1. The molecule has 30 heavy (non-hydrogen) atoms. The van der Waals surface area contributed by atoms with Crippen LogP contribution in [0.3, 0.4) is 0 Å². The topological polar surface area (TPSA) is 61.9 Å². The van der Waals surface area contributed by atoms with E-state index in [2.05, 4.69) is 10.2 Å². The molecule has 1 heterocycles. The Morgan fingerprint density at radius 1 is 1.07 bits per heavy atom. The molecule has 0 saturated carbocycles. The van der Waals surface area contributed by atoms with Gasteiger partial charge in [-0.15, -0.1) is 0 Å². The van der Waals surface area contributed by atoms with Gasteiger partial charge >= 0.3 is 0 Å². The second-order valence-electron chi connectivity index (χ2n) is 7.38. The molecular formula is C23H28FN3O3. The highest BCUT2D eigenvalue weighted by molar-refractivity contribution is 5.94. The number of hydrogen-bond acceptors (Lipinski definition) is 4. The first-order valence-electron chi connectivity index (χ1n) is 10.2. The number of rotatable bonds is 7. The molecule has 0 bridgehead atoms. The summed E-state index contributed by atoms with van der Waals surface area (Å²) in [6.07, 6.45) is 1.53. The SMILES string of the molecule is COc1cccc(CCNC(=O)CN2CCCN(C(=O)c3ccc(F)cc3)CC2)c1. The van der Waals surface area contributed by atoms with E-state index in [1.165, 1.54) is 24.3 Å². The van der Waals surface area contributed by atoms with Crippen LogP contribution in [0.1, 0.15) is 22.3 Å². The molecule has 2 amide bonds. The summed E-state index contributed by atoms with van der Waals surface area (Å²) < 4.78 is 18.3. The van der Waals surface area contributed by atoms with Crippen LogP contribution in [0.2, 0.25) is 0 Å². The number of amides is 2. The molecule has 6 nitrogen and oxygen atoms in total. The molecule has 1 N–H and O–H groups in total. The van der Waals surface area contributed by atoms with Crippen molar-refractivity contribution in [3.8, 4) is 5.75 Å². The highest BCUT2D eigenvalue weighted by Gasteiger charge is 2.21. The van der Waals surface area contributed by atoms with Crippen LogP contribution in [0.4, 0.5) is 4.39 Å². The molecule has 0 spiro atoms. The maximum Gasteiger partial charge on any atom is 0.253 e. The Bertz CT molecular complexity index is 857. The molecule has 1 saturated heterocycles. The third kappa shape index (κ3) is 6.29. The van der Waals surface area contributed by atoms with Crippen molar-refractivity contribution in [2.75, 3.05) is 46.4 Å². The molecule has 7 heteroatoms. The second kappa shape index (κ2) is 10.7. The van der Waals surface area contributed by atoms with Gasteiger partial charge in [-0.1, -0.05) is 12.1 Å². The van der Waals surface area contributed by atoms with E-state index >= 15 is 0 Å². The number of halogens is 1. The number of carbonyl (C=O) groups excluding carboxylic acids is 2. The summed E-state index contributed by atoms with van der Waals surface area (Å²) in [6.45, 7) is 3.45. The minimum absolute atomic E-state index is 0.0174. The zero-order valence-corrected chi connectivity index (χ0v) is 17.3. The normalized spacial score (nSPS) is 14.8. The number of benzene rings is 2. The van der Waals surface area contributed by atoms with E-state index in [0.717, 1.165) is 30.7 Å². The third-order valence-corrected chi connectivity index (χ3v) is 5.20. The summed E-state index contributed by atoms with van der Waals surface area (Å²) in [5, 5.41) is 2.96. The quantitative estimate of drug-likeness (QED) is 0.757. The van der Waals surface area contributed by atoms with Crippen molar-refractivity contribution in [1.82, 2.24) is 15.1 Å². The fourth-order valence-corrected chi connectivity index (χ4v) is 3.54. The fourth-order valence-electron chi connectivity index (χ4n) is 3.54. The lowest BCUT2D eigenvalue weighted by Gasteiger charge is -2.22. The Kier molecular flexibility index (Phi) is 7.79. The van der Waals surface area contributed by atoms with Crippen molar-refractivity contribution >= 4 is 11.8 Å². The van der Waals surface area contributed by atoms with Crippen LogP contribution in [-0.2, 0) is 11.2 Å². The first kappa shape index (κ1) is 21.8. The summed E-state index contributed by atoms with van der Waals surface area (Å²) in [7, 11) is 1.64. The maximum absolute atomic E-state index is 13.1. The molecule has 3 rings (SSSR count). The van der Waals surface area contributed by atoms with Gasteiger partial charge in [0.15, 0.2) is 0 Å². The van der Waals surface area contributed by atoms with Crippen LogP contribution in [0.5, 0.6) is 5.75 Å². The molecule has 2 aromatic rings. The van der Waals surface area contributed by atoms with Gasteiger partial charge in [0.2, 0.25) is 5.91 Å². The third-order valence-electron chi connectivity index (χ3n) is 5.20. The molecule has 1 aliphatic heterocycles. The van der Waals surface area contributed by atoms with Gasteiger partial charge in [-0.05, 0) is 54.8 Å². The number of hydrogen-bond donors (Lipinski definition) is 1. The van der Waals surface area contributed by atoms with Gasteiger partial charge in [-0.2, -0.15) is 0 Å². The Labute approximate surface area is 176 Å². The number of ether oxygens (including phenoxy) is 1. The predicted molar refractivity (Wildman–Crippen MR) is 113 cm³/mol. The van der Waals surface area contributed by atoms with Gasteiger partial charge < -0.3 is 15.0 Å². The lowest BCUT2D eigenvalue weighted by atomic mass is 10.1. The average Bonchev–Trinajstić information content (AvgIpc) is 2.99. The first-order chi connectivity index (χ1) is 14.5. The predicted octanol–water partition coefficient (Wildman–Crippen LogP) is 2.34. The minimum atomic E-state index is -0.356. The summed E-state index contributed by atoms with van der Waals surface area (Å²) >= 11 is 0. The lowest BCUT2D eigenvalue weighted by Crippen LogP contribution is -2.40. The second-order valence-corrected chi connectivity index (χ2v) is 7.38. The molecule has 0 atom stereocenters. The van der Waals surface area contributed by atoms with Crippen molar-refractivity contribution in [3.05, 3.63) is 65.5 Å². The molecule has 160 valence electrons. The van der Waals surface area contributed by atoms with E-state index in [9.17, 15) is 14.0 Å². The monoisotopic (exact) mass is 413 g/mol. The van der Waals surface area contributed by atoms with Crippen molar-refractivity contribution in [2.45, 2.75) is 12.8 Å². The highest BCUT2D eigenvalue weighted by atomic mass is 19.1. The molecule has 1 aliphatic rings. The van der Waals surface area contributed by atoms with Crippen LogP contribution in [0.15, 0.2) is 48.5 Å². The standard InChI is InChI=1S/C23H28FN3O3/c1-30-21-5-2-4-18(16-21)10-11-25-22(28)17-26-12-3-13-27(15-14-26)23(29)19-6-8-20(24)9-7-19/h2,4-9,16H,3,10-15,17H2,1H3,(H,25,28). The van der Waals surface area contributed by atoms with Crippen LogP contribution >= 0.6 is 0 Å². The van der Waals surface area contributed by atoms with Gasteiger partial charge in [0, 0.05) is 38.3 Å². The maximum atomic E-state index is 13.1. The minimum Gasteiger partial charge on any atom is -0.497 e. The van der Waals surface area contributed by atoms with Crippen LogP contribution in [0, 0.1) is 5.82 Å². The van der Waals surface area contributed by atoms with Crippen LogP contribution < -0.4 is 10.1 Å². The Morgan fingerprint density at radius 2 is 1.87 bits per heavy atom. The largest absolute Gasteiger partial charge is 0.497 e. The Balaban J connectivity index is 1.42. The zero-order valence-electron chi connectivity index (χ0n) is 17.3. The number of nitrogens with zero attached hydrogens (tertiary/aromatic N) is 2. The van der Waals surface area contributed by atoms with E-state index < -0.39 is 0 Å². The van der Waals surface area contributed by atoms with E-state index in [1.54, 1.807) is 12.0 Å². The highest BCUT2D eigenvalue weighted by Crippen LogP contribution is 2.13. The summed E-state index contributed by atoms with van der Waals surface area (Å²) in [4.78, 5) is 28.8. The van der Waals surface area contributed by atoms with Gasteiger partial charge in [0.25, 0.3) is 5.91 Å². The number of methoxy groups -OCH3 is 1. The van der Waals surface area contributed by atoms with E-state index in [1.807, 2.05) is 24.3 Å². The van der Waals surface area contributed by atoms with Gasteiger partial charge in [-0.25, -0.2) is 4.39 Å². The van der Waals surface area contributed by atoms with Crippen molar-refractivity contribution in [2.24, 2.45) is 0 Å². The molecule has 0 aromatic heterocycles. The first-order valence-corrected chi connectivity index (χ1v) is 10.2. The van der Waals surface area contributed by atoms with Crippen molar-refractivity contribution in [3.63, 3.8) is 0 Å². The number of carbonyl (C=O) groups is 2. The van der Waals surface area contributed by atoms with Crippen LogP contribution in [0.25, 0.3) is 0 Å². The zero-order chi connectivity index (χ0) is 21.3. The molecule has 0 radical (unpaired) electrons. The van der Waals surface area contributed by atoms with Gasteiger partial charge in [0.05, 0.1) is 13.7 Å². The Hall–Kier alpha value is -2.93. The van der Waals surface area contributed by atoms with Gasteiger partial charge in [-0.3, -0.25) is 14.5 Å². The van der Waals surface area contributed by atoms with E-state index in [0.29, 0.717) is 38.3 Å².